The molecule has 4 unspecified atom stereocenters. The van der Waals surface area contributed by atoms with Gasteiger partial charge in [0, 0.05) is 31.1 Å². The third kappa shape index (κ3) is 3.25. The Kier molecular flexibility index (Phi) is 4.46. The summed E-state index contributed by atoms with van der Waals surface area (Å²) in [5.74, 6) is 2.38. The van der Waals surface area contributed by atoms with E-state index in [9.17, 15) is 13.2 Å². The van der Waals surface area contributed by atoms with E-state index in [1.165, 1.54) is 5.57 Å². The lowest BCUT2D eigenvalue weighted by Gasteiger charge is -2.47. The zero-order valence-corrected chi connectivity index (χ0v) is 17.2. The number of fused-ring (bicyclic) bond motifs is 1. The molecule has 4 aliphatic rings. The van der Waals surface area contributed by atoms with Gasteiger partial charge < -0.3 is 9.80 Å². The van der Waals surface area contributed by atoms with Crippen LogP contribution in [0.2, 0.25) is 0 Å². The van der Waals surface area contributed by atoms with Crippen molar-refractivity contribution in [1.29, 1.82) is 0 Å². The van der Waals surface area contributed by atoms with E-state index in [1.807, 2.05) is 4.90 Å². The topological polar surface area (TPSA) is 32.3 Å². The first-order valence-corrected chi connectivity index (χ1v) is 10.9. The number of rotatable bonds is 2. The minimum Gasteiger partial charge on any atom is -0.355 e. The highest BCUT2D eigenvalue weighted by Crippen LogP contribution is 2.65. The van der Waals surface area contributed by atoms with Crippen molar-refractivity contribution in [2.45, 2.75) is 50.6 Å². The van der Waals surface area contributed by atoms with Crippen molar-refractivity contribution >= 4 is 5.82 Å². The summed E-state index contributed by atoms with van der Waals surface area (Å²) in [4.78, 5) is 13.2. The predicted molar refractivity (Wildman–Crippen MR) is 106 cm³/mol. The van der Waals surface area contributed by atoms with E-state index in [2.05, 4.69) is 29.9 Å². The minimum atomic E-state index is -4.45. The third-order valence-electron chi connectivity index (χ3n) is 7.55. The average Bonchev–Trinajstić information content (AvgIpc) is 2.76. The number of likely N-dealkylation sites (N-methyl/N-ethyl adjacent to an activating group) is 1. The van der Waals surface area contributed by atoms with Crippen LogP contribution in [0.15, 0.2) is 17.7 Å². The smallest absolute Gasteiger partial charge is 0.355 e. The lowest BCUT2D eigenvalue weighted by molar-refractivity contribution is -0.141. The van der Waals surface area contributed by atoms with Crippen molar-refractivity contribution in [2.75, 3.05) is 38.1 Å². The summed E-state index contributed by atoms with van der Waals surface area (Å²) in [7, 11) is 2.06. The summed E-state index contributed by atoms with van der Waals surface area (Å²) in [5, 5.41) is 0. The number of hydrogen-bond acceptors (Lipinski definition) is 4. The summed E-state index contributed by atoms with van der Waals surface area (Å²) >= 11 is 0. The highest BCUT2D eigenvalue weighted by atomic mass is 19.4. The summed E-state index contributed by atoms with van der Waals surface area (Å²) in [6, 6.07) is 1.16. The van der Waals surface area contributed by atoms with Gasteiger partial charge >= 0.3 is 6.18 Å². The van der Waals surface area contributed by atoms with Crippen LogP contribution in [0.4, 0.5) is 19.0 Å². The molecule has 7 heteroatoms. The van der Waals surface area contributed by atoms with Crippen LogP contribution in [0, 0.1) is 17.8 Å². The quantitative estimate of drug-likeness (QED) is 0.687. The van der Waals surface area contributed by atoms with Gasteiger partial charge in [0.25, 0.3) is 0 Å². The van der Waals surface area contributed by atoms with Crippen LogP contribution in [0.1, 0.15) is 50.5 Å². The predicted octanol–water partition coefficient (Wildman–Crippen LogP) is 4.27. The maximum absolute atomic E-state index is 13.7. The van der Waals surface area contributed by atoms with Crippen LogP contribution >= 0.6 is 0 Å². The third-order valence-corrected chi connectivity index (χ3v) is 7.55. The summed E-state index contributed by atoms with van der Waals surface area (Å²) in [6.45, 7) is 5.48. The highest BCUT2D eigenvalue weighted by Gasteiger charge is 2.60. The molecule has 29 heavy (non-hydrogen) atoms. The lowest BCUT2D eigenvalue weighted by atomic mass is 9.57. The second-order valence-electron chi connectivity index (χ2n) is 9.72. The van der Waals surface area contributed by atoms with Gasteiger partial charge in [-0.25, -0.2) is 9.97 Å². The van der Waals surface area contributed by atoms with Gasteiger partial charge in [-0.15, -0.1) is 0 Å². The number of alkyl halides is 3. The Labute approximate surface area is 170 Å². The molecule has 0 spiro atoms. The zero-order chi connectivity index (χ0) is 20.4. The normalized spacial score (nSPS) is 35.0. The van der Waals surface area contributed by atoms with E-state index >= 15 is 0 Å². The van der Waals surface area contributed by atoms with Crippen molar-refractivity contribution in [3.05, 3.63) is 29.2 Å². The molecule has 3 fully saturated rings. The zero-order valence-electron chi connectivity index (χ0n) is 17.2. The molecule has 158 valence electrons. The van der Waals surface area contributed by atoms with Crippen molar-refractivity contribution < 1.29 is 13.2 Å². The fourth-order valence-electron chi connectivity index (χ4n) is 6.24. The van der Waals surface area contributed by atoms with Gasteiger partial charge in [-0.2, -0.15) is 13.2 Å². The molecule has 1 saturated heterocycles. The lowest BCUT2D eigenvalue weighted by Crippen LogP contribution is -2.45. The second-order valence-corrected chi connectivity index (χ2v) is 9.72. The molecule has 2 heterocycles. The number of nitrogens with zero attached hydrogens (tertiary/aromatic N) is 4. The Morgan fingerprint density at radius 2 is 1.93 bits per heavy atom. The van der Waals surface area contributed by atoms with Crippen LogP contribution in [-0.4, -0.2) is 48.1 Å². The monoisotopic (exact) mass is 406 g/mol. The first-order chi connectivity index (χ1) is 13.7. The maximum atomic E-state index is 13.7. The van der Waals surface area contributed by atoms with Crippen LogP contribution < -0.4 is 4.90 Å². The Morgan fingerprint density at radius 1 is 1.10 bits per heavy atom. The standard InChI is InChI=1S/C22H29F3N4/c1-14-8-15-10-17-16(9-14)13-21(17,12-15)20-26-18(22(23,24)25)11-19(27-20)29-5-3-4-28(2)6-7-29/h9,11,14-15,17H,3-8,10,12-13H2,1-2H3. The van der Waals surface area contributed by atoms with Gasteiger partial charge in [-0.05, 0) is 63.5 Å². The SMILES string of the molecule is CC1C=C2CC3(c4nc(N5CCCN(C)CC5)cc(C(F)(F)F)n4)CC(C1)CC23. The molecule has 0 aromatic carbocycles. The van der Waals surface area contributed by atoms with Gasteiger partial charge in [0.1, 0.15) is 17.3 Å². The molecule has 0 amide bonds. The molecule has 2 saturated carbocycles. The fourth-order valence-corrected chi connectivity index (χ4v) is 6.24. The van der Waals surface area contributed by atoms with Crippen molar-refractivity contribution in [3.8, 4) is 0 Å². The Balaban J connectivity index is 1.55. The Hall–Kier alpha value is -1.63. The minimum absolute atomic E-state index is 0.282. The van der Waals surface area contributed by atoms with E-state index in [0.29, 0.717) is 35.9 Å². The van der Waals surface area contributed by atoms with Gasteiger partial charge in [-0.3, -0.25) is 0 Å². The van der Waals surface area contributed by atoms with E-state index in [0.717, 1.165) is 57.8 Å². The molecule has 2 bridgehead atoms. The largest absolute Gasteiger partial charge is 0.433 e. The second kappa shape index (κ2) is 6.69. The molecule has 0 N–H and O–H groups in total. The molecule has 1 aliphatic heterocycles. The number of allylic oxidation sites excluding steroid dienone is 2. The number of aromatic nitrogens is 2. The van der Waals surface area contributed by atoms with Crippen LogP contribution in [0.3, 0.4) is 0 Å². The van der Waals surface area contributed by atoms with Crippen LogP contribution in [0.25, 0.3) is 0 Å². The van der Waals surface area contributed by atoms with Crippen molar-refractivity contribution in [2.24, 2.45) is 17.8 Å². The molecule has 0 radical (unpaired) electrons. The molecular formula is C22H29F3N4. The van der Waals surface area contributed by atoms with E-state index < -0.39 is 11.9 Å². The maximum Gasteiger partial charge on any atom is 0.433 e. The van der Waals surface area contributed by atoms with Crippen LogP contribution in [-0.2, 0) is 11.6 Å². The Morgan fingerprint density at radius 3 is 2.72 bits per heavy atom. The molecular weight excluding hydrogens is 377 g/mol. The van der Waals surface area contributed by atoms with Crippen LogP contribution in [0.5, 0.6) is 0 Å². The molecule has 4 atom stereocenters. The van der Waals surface area contributed by atoms with Crippen molar-refractivity contribution in [3.63, 3.8) is 0 Å². The van der Waals surface area contributed by atoms with Gasteiger partial charge in [0.15, 0.2) is 0 Å². The number of anilines is 1. The average molecular weight is 406 g/mol. The fraction of sp³-hybridized carbons (Fsp3) is 0.727. The first-order valence-electron chi connectivity index (χ1n) is 10.9. The molecule has 5 rings (SSSR count). The summed E-state index contributed by atoms with van der Waals surface area (Å²) in [6.07, 6.45) is 2.82. The highest BCUT2D eigenvalue weighted by molar-refractivity contribution is 5.45. The summed E-state index contributed by atoms with van der Waals surface area (Å²) in [5.41, 5.74) is 0.362. The van der Waals surface area contributed by atoms with E-state index in [4.69, 9.17) is 4.98 Å². The first kappa shape index (κ1) is 19.3. The summed E-state index contributed by atoms with van der Waals surface area (Å²) < 4.78 is 41.2. The number of halogens is 3. The van der Waals surface area contributed by atoms with Gasteiger partial charge in [0.05, 0.1) is 0 Å². The van der Waals surface area contributed by atoms with Gasteiger partial charge in [0.2, 0.25) is 0 Å². The van der Waals surface area contributed by atoms with Crippen molar-refractivity contribution in [1.82, 2.24) is 14.9 Å². The number of hydrogen-bond donors (Lipinski definition) is 0. The van der Waals surface area contributed by atoms with E-state index in [-0.39, 0.29) is 5.41 Å². The molecule has 1 aromatic rings. The molecule has 1 aromatic heterocycles. The Bertz CT molecular complexity index is 836. The van der Waals surface area contributed by atoms with E-state index in [1.54, 1.807) is 0 Å². The van der Waals surface area contributed by atoms with Gasteiger partial charge in [-0.1, -0.05) is 18.6 Å². The molecule has 4 nitrogen and oxygen atoms in total. The molecule has 3 aliphatic carbocycles.